The lowest BCUT2D eigenvalue weighted by Gasteiger charge is -2.31. The van der Waals surface area contributed by atoms with E-state index < -0.39 is 24.7 Å². The number of nitrogens with zero attached hydrogens (tertiary/aromatic N) is 1. The predicted molar refractivity (Wildman–Crippen MR) is 78.2 cm³/mol. The Morgan fingerprint density at radius 2 is 2.38 bits per heavy atom. The van der Waals surface area contributed by atoms with E-state index in [0.29, 0.717) is 19.5 Å². The number of amides is 1. The van der Waals surface area contributed by atoms with Crippen LogP contribution in [0.1, 0.15) is 26.7 Å². The summed E-state index contributed by atoms with van der Waals surface area (Å²) in [5.41, 5.74) is 10.8. The second-order valence-corrected chi connectivity index (χ2v) is 5.97. The first-order chi connectivity index (χ1) is 9.88. The number of carbonyl (C=O) groups is 2. The third-order valence-electron chi connectivity index (χ3n) is 4.29. The zero-order valence-electron chi connectivity index (χ0n) is 12.7. The molecule has 21 heavy (non-hydrogen) atoms. The summed E-state index contributed by atoms with van der Waals surface area (Å²) in [7, 11) is -0.540. The highest BCUT2D eigenvalue weighted by atomic mass is 16.6. The summed E-state index contributed by atoms with van der Waals surface area (Å²) in [5, 5.41) is 0. The molecule has 7 nitrogen and oxygen atoms in total. The van der Waals surface area contributed by atoms with Crippen LogP contribution in [-0.4, -0.2) is 55.2 Å². The lowest BCUT2D eigenvalue weighted by atomic mass is 9.74. The highest BCUT2D eigenvalue weighted by molar-refractivity contribution is 6.47. The maximum Gasteiger partial charge on any atom is 0.527 e. The van der Waals surface area contributed by atoms with Gasteiger partial charge >= 0.3 is 13.1 Å². The van der Waals surface area contributed by atoms with E-state index in [9.17, 15) is 9.59 Å². The second kappa shape index (κ2) is 6.33. The van der Waals surface area contributed by atoms with Crippen molar-refractivity contribution in [1.82, 2.24) is 4.90 Å². The zero-order valence-corrected chi connectivity index (χ0v) is 12.7. The molecule has 0 radical (unpaired) electrons. The lowest BCUT2D eigenvalue weighted by molar-refractivity contribution is -0.143. The van der Waals surface area contributed by atoms with Crippen LogP contribution in [0.2, 0.25) is 6.32 Å². The lowest BCUT2D eigenvalue weighted by Crippen LogP contribution is -2.58. The van der Waals surface area contributed by atoms with Crippen LogP contribution in [0, 0.1) is 5.92 Å². The van der Waals surface area contributed by atoms with E-state index >= 15 is 0 Å². The minimum Gasteiger partial charge on any atom is -0.508 e. The first-order valence-electron chi connectivity index (χ1n) is 7.54. The van der Waals surface area contributed by atoms with Crippen LogP contribution >= 0.6 is 0 Å². The second-order valence-electron chi connectivity index (χ2n) is 5.97. The van der Waals surface area contributed by atoms with E-state index in [-0.39, 0.29) is 18.4 Å². The summed E-state index contributed by atoms with van der Waals surface area (Å²) in [6.45, 7) is 4.59. The van der Waals surface area contributed by atoms with Crippen LogP contribution in [0.3, 0.4) is 0 Å². The molecule has 0 aromatic carbocycles. The first-order valence-corrected chi connectivity index (χ1v) is 7.54. The molecule has 4 N–H and O–H groups in total. The summed E-state index contributed by atoms with van der Waals surface area (Å²) >= 11 is 0. The molecule has 2 aliphatic rings. The van der Waals surface area contributed by atoms with Crippen LogP contribution in [0.15, 0.2) is 0 Å². The number of fused-ring (bicyclic) bond motifs is 1. The van der Waals surface area contributed by atoms with E-state index in [1.807, 2.05) is 6.92 Å². The SMILES string of the molecule is CCOB1CCC[C@H]2CN(C(=O)C(C)N)C[C@@]2(N)C(=O)O1. The van der Waals surface area contributed by atoms with Gasteiger partial charge in [-0.2, -0.15) is 0 Å². The van der Waals surface area contributed by atoms with Gasteiger partial charge in [0.2, 0.25) is 5.91 Å². The molecule has 3 atom stereocenters. The molecule has 8 heteroatoms. The van der Waals surface area contributed by atoms with Gasteiger partial charge in [-0.1, -0.05) is 6.42 Å². The van der Waals surface area contributed by atoms with Gasteiger partial charge in [0.05, 0.1) is 6.04 Å². The third kappa shape index (κ3) is 3.22. The molecular weight excluding hydrogens is 273 g/mol. The van der Waals surface area contributed by atoms with Gasteiger partial charge in [-0.25, -0.2) is 0 Å². The Balaban J connectivity index is 2.13. The number of hydrogen-bond acceptors (Lipinski definition) is 6. The summed E-state index contributed by atoms with van der Waals surface area (Å²) in [5.74, 6) is -0.748. The van der Waals surface area contributed by atoms with Gasteiger partial charge < -0.3 is 25.7 Å². The van der Waals surface area contributed by atoms with E-state index in [0.717, 1.165) is 12.8 Å². The summed E-state index contributed by atoms with van der Waals surface area (Å²) < 4.78 is 10.8. The fourth-order valence-electron chi connectivity index (χ4n) is 3.10. The molecular formula is C13H24BN3O4. The molecule has 0 aromatic rings. The molecule has 2 aliphatic heterocycles. The van der Waals surface area contributed by atoms with Gasteiger partial charge in [0.1, 0.15) is 5.54 Å². The van der Waals surface area contributed by atoms with E-state index in [1.165, 1.54) is 0 Å². The molecule has 0 bridgehead atoms. The molecule has 2 heterocycles. The first kappa shape index (κ1) is 16.3. The largest absolute Gasteiger partial charge is 0.527 e. The molecule has 118 valence electrons. The monoisotopic (exact) mass is 297 g/mol. The smallest absolute Gasteiger partial charge is 0.508 e. The molecule has 1 amide bonds. The van der Waals surface area contributed by atoms with Crippen molar-refractivity contribution in [1.29, 1.82) is 0 Å². The maximum atomic E-state index is 12.4. The normalized spacial score (nSPS) is 31.2. The van der Waals surface area contributed by atoms with E-state index in [1.54, 1.807) is 11.8 Å². The molecule has 2 fully saturated rings. The van der Waals surface area contributed by atoms with Crippen molar-refractivity contribution in [2.45, 2.75) is 44.6 Å². The van der Waals surface area contributed by atoms with Gasteiger partial charge in [0.15, 0.2) is 0 Å². The fraction of sp³-hybridized carbons (Fsp3) is 0.846. The minimum absolute atomic E-state index is 0.0877. The highest BCUT2D eigenvalue weighted by Crippen LogP contribution is 2.33. The van der Waals surface area contributed by atoms with Gasteiger partial charge in [-0.3, -0.25) is 9.59 Å². The van der Waals surface area contributed by atoms with Gasteiger partial charge in [0, 0.05) is 25.6 Å². The van der Waals surface area contributed by atoms with Crippen LogP contribution in [0.25, 0.3) is 0 Å². The quantitative estimate of drug-likeness (QED) is 0.670. The van der Waals surface area contributed by atoms with Crippen molar-refractivity contribution < 1.29 is 18.9 Å². The van der Waals surface area contributed by atoms with Crippen LogP contribution in [0.5, 0.6) is 0 Å². The molecule has 2 rings (SSSR count). The zero-order chi connectivity index (χ0) is 15.6. The number of nitrogens with two attached hydrogens (primary N) is 2. The minimum atomic E-state index is -1.15. The van der Waals surface area contributed by atoms with Crippen molar-refractivity contribution in [2.24, 2.45) is 17.4 Å². The Hall–Kier alpha value is -1.12. The van der Waals surface area contributed by atoms with Gasteiger partial charge in [-0.15, -0.1) is 0 Å². The molecule has 0 saturated carbocycles. The van der Waals surface area contributed by atoms with Crippen molar-refractivity contribution in [3.05, 3.63) is 0 Å². The summed E-state index contributed by atoms with van der Waals surface area (Å²) in [4.78, 5) is 26.0. The van der Waals surface area contributed by atoms with E-state index in [2.05, 4.69) is 0 Å². The number of carbonyl (C=O) groups excluding carboxylic acids is 2. The Kier molecular flexibility index (Phi) is 4.90. The van der Waals surface area contributed by atoms with Crippen LogP contribution < -0.4 is 11.5 Å². The molecule has 1 unspecified atom stereocenters. The average molecular weight is 297 g/mol. The standard InChI is InChI=1S/C13H24BN3O4/c1-3-20-14-6-4-5-10-7-17(11(18)9(2)15)8-13(10,16)12(19)21-14/h9-10H,3-8,15-16H2,1-2H3/t9?,10-,13-/m0/s1. The number of hydrogen-bond donors (Lipinski definition) is 2. The van der Waals surface area contributed by atoms with Crippen molar-refractivity contribution in [3.8, 4) is 0 Å². The van der Waals surface area contributed by atoms with E-state index in [4.69, 9.17) is 20.8 Å². The molecule has 2 saturated heterocycles. The van der Waals surface area contributed by atoms with Crippen LogP contribution in [-0.2, 0) is 18.9 Å². The summed E-state index contributed by atoms with van der Waals surface area (Å²) in [6, 6.07) is -0.592. The average Bonchev–Trinajstić information content (AvgIpc) is 2.75. The predicted octanol–water partition coefficient (Wildman–Crippen LogP) is -0.649. The highest BCUT2D eigenvalue weighted by Gasteiger charge is 2.53. The third-order valence-corrected chi connectivity index (χ3v) is 4.29. The maximum absolute atomic E-state index is 12.4. The molecule has 0 spiro atoms. The summed E-state index contributed by atoms with van der Waals surface area (Å²) in [6.07, 6.45) is 2.28. The topological polar surface area (TPSA) is 108 Å². The number of rotatable bonds is 3. The Morgan fingerprint density at radius 1 is 1.67 bits per heavy atom. The fourth-order valence-corrected chi connectivity index (χ4v) is 3.10. The molecule has 0 aromatic heterocycles. The Labute approximate surface area is 125 Å². The number of likely N-dealkylation sites (tertiary alicyclic amines) is 1. The van der Waals surface area contributed by atoms with Crippen molar-refractivity contribution in [3.63, 3.8) is 0 Å². The van der Waals surface area contributed by atoms with Crippen molar-refractivity contribution >= 4 is 19.0 Å². The van der Waals surface area contributed by atoms with Crippen LogP contribution in [0.4, 0.5) is 0 Å². The Bertz CT molecular complexity index is 420. The van der Waals surface area contributed by atoms with Gasteiger partial charge in [-0.05, 0) is 26.6 Å². The molecule has 0 aliphatic carbocycles. The van der Waals surface area contributed by atoms with Gasteiger partial charge in [0.25, 0.3) is 0 Å². The Morgan fingerprint density at radius 3 is 3.00 bits per heavy atom. The van der Waals surface area contributed by atoms with Crippen molar-refractivity contribution in [2.75, 3.05) is 19.7 Å².